The van der Waals surface area contributed by atoms with E-state index in [0.717, 1.165) is 14.9 Å². The molecule has 1 amide bonds. The Labute approximate surface area is 177 Å². The first-order valence-electron chi connectivity index (χ1n) is 8.29. The molecular weight excluding hydrogens is 468 g/mol. The van der Waals surface area contributed by atoms with E-state index in [9.17, 15) is 13.2 Å². The molecule has 0 bridgehead atoms. The van der Waals surface area contributed by atoms with Crippen molar-refractivity contribution in [3.8, 4) is 0 Å². The number of hydrogen-bond acceptors (Lipinski definition) is 5. The van der Waals surface area contributed by atoms with Gasteiger partial charge in [0.05, 0.1) is 11.4 Å². The van der Waals surface area contributed by atoms with Gasteiger partial charge in [-0.1, -0.05) is 17.7 Å². The van der Waals surface area contributed by atoms with Crippen LogP contribution in [0.1, 0.15) is 16.9 Å². The maximum Gasteiger partial charge on any atom is 0.241 e. The molecule has 0 saturated carbocycles. The van der Waals surface area contributed by atoms with Gasteiger partial charge in [0.1, 0.15) is 6.04 Å². The van der Waals surface area contributed by atoms with Crippen molar-refractivity contribution < 1.29 is 13.2 Å². The lowest BCUT2D eigenvalue weighted by atomic mass is 10.2. The first-order valence-corrected chi connectivity index (χ1v) is 12.8. The highest BCUT2D eigenvalue weighted by atomic mass is 79.9. The van der Waals surface area contributed by atoms with Gasteiger partial charge in [-0.25, -0.2) is 8.42 Å². The van der Waals surface area contributed by atoms with Crippen LogP contribution in [0.3, 0.4) is 0 Å². The minimum atomic E-state index is -3.77. The average molecular weight is 491 g/mol. The van der Waals surface area contributed by atoms with Crippen LogP contribution in [0.4, 0.5) is 0 Å². The van der Waals surface area contributed by atoms with E-state index < -0.39 is 16.1 Å². The van der Waals surface area contributed by atoms with Crippen molar-refractivity contribution >= 4 is 55.0 Å². The predicted octanol–water partition coefficient (Wildman–Crippen LogP) is 3.88. The summed E-state index contributed by atoms with van der Waals surface area (Å²) >= 11 is 6.54. The van der Waals surface area contributed by atoms with Gasteiger partial charge in [0.2, 0.25) is 15.9 Å². The van der Waals surface area contributed by atoms with Crippen molar-refractivity contribution in [3.63, 3.8) is 0 Å². The quantitative estimate of drug-likeness (QED) is 0.578. The number of nitrogens with zero attached hydrogens (tertiary/aromatic N) is 1. The smallest absolute Gasteiger partial charge is 0.241 e. The third-order valence-electron chi connectivity index (χ3n) is 3.93. The number of thioether (sulfide) groups is 1. The molecule has 0 fully saturated rings. The van der Waals surface area contributed by atoms with E-state index in [1.807, 2.05) is 24.6 Å². The average Bonchev–Trinajstić information content (AvgIpc) is 3.03. The Kier molecular flexibility index (Phi) is 8.36. The first-order chi connectivity index (χ1) is 12.7. The molecule has 0 saturated heterocycles. The van der Waals surface area contributed by atoms with E-state index in [1.165, 1.54) is 0 Å². The van der Waals surface area contributed by atoms with Gasteiger partial charge in [0.15, 0.2) is 0 Å². The van der Waals surface area contributed by atoms with Gasteiger partial charge in [-0.05, 0) is 59.5 Å². The second kappa shape index (κ2) is 10.1. The van der Waals surface area contributed by atoms with Crippen LogP contribution < -0.4 is 4.72 Å². The van der Waals surface area contributed by atoms with Gasteiger partial charge in [0.25, 0.3) is 0 Å². The standard InChI is InChI=1S/C18H23BrN2O3S3/c1-13-4-6-16(7-5-13)27(23,24)20-17(8-9-25-3)18(22)21(2)11-15-10-14(19)12-26-15/h4-7,10,12,17,20H,8-9,11H2,1-3H3. The number of hydrogen-bond donors (Lipinski definition) is 1. The molecular formula is C18H23BrN2O3S3. The summed E-state index contributed by atoms with van der Waals surface area (Å²) in [5, 5.41) is 1.96. The summed E-state index contributed by atoms with van der Waals surface area (Å²) in [6, 6.07) is 7.77. The fraction of sp³-hybridized carbons (Fsp3) is 0.389. The minimum Gasteiger partial charge on any atom is -0.339 e. The highest BCUT2D eigenvalue weighted by molar-refractivity contribution is 9.10. The predicted molar refractivity (Wildman–Crippen MR) is 117 cm³/mol. The maximum atomic E-state index is 12.9. The number of likely N-dealkylation sites (N-methyl/N-ethyl adjacent to an activating group) is 1. The van der Waals surface area contributed by atoms with Crippen LogP contribution in [0.15, 0.2) is 45.1 Å². The third-order valence-corrected chi connectivity index (χ3v) is 7.74. The summed E-state index contributed by atoms with van der Waals surface area (Å²) in [6.45, 7) is 2.34. The van der Waals surface area contributed by atoms with Crippen LogP contribution in [-0.2, 0) is 21.4 Å². The molecule has 1 heterocycles. The van der Waals surface area contributed by atoms with Gasteiger partial charge >= 0.3 is 0 Å². The topological polar surface area (TPSA) is 66.5 Å². The Morgan fingerprint density at radius 3 is 2.56 bits per heavy atom. The first kappa shape index (κ1) is 22.4. The molecule has 27 heavy (non-hydrogen) atoms. The van der Waals surface area contributed by atoms with E-state index in [0.29, 0.717) is 18.7 Å². The van der Waals surface area contributed by atoms with Crippen molar-refractivity contribution in [1.29, 1.82) is 0 Å². The van der Waals surface area contributed by atoms with Gasteiger partial charge in [-0.15, -0.1) is 11.3 Å². The molecule has 1 aromatic heterocycles. The van der Waals surface area contributed by atoms with Crippen molar-refractivity contribution in [2.75, 3.05) is 19.1 Å². The van der Waals surface area contributed by atoms with Gasteiger partial charge in [-0.2, -0.15) is 16.5 Å². The van der Waals surface area contributed by atoms with E-state index in [1.54, 1.807) is 59.3 Å². The Balaban J connectivity index is 2.15. The molecule has 1 aromatic carbocycles. The number of thiophene rings is 1. The Bertz CT molecular complexity index is 866. The molecule has 148 valence electrons. The number of nitrogens with one attached hydrogen (secondary N) is 1. The summed E-state index contributed by atoms with van der Waals surface area (Å²) in [6.07, 6.45) is 2.37. The van der Waals surface area contributed by atoms with Crippen LogP contribution >= 0.6 is 39.0 Å². The lowest BCUT2D eigenvalue weighted by molar-refractivity contribution is -0.132. The highest BCUT2D eigenvalue weighted by Crippen LogP contribution is 2.21. The molecule has 2 aromatic rings. The molecule has 1 N–H and O–H groups in total. The maximum absolute atomic E-state index is 12.9. The molecule has 1 unspecified atom stereocenters. The molecule has 5 nitrogen and oxygen atoms in total. The van der Waals surface area contributed by atoms with Crippen LogP contribution in [0.2, 0.25) is 0 Å². The number of halogens is 1. The fourth-order valence-corrected chi connectivity index (χ4v) is 5.65. The molecule has 0 spiro atoms. The van der Waals surface area contributed by atoms with Crippen LogP contribution in [-0.4, -0.2) is 44.3 Å². The van der Waals surface area contributed by atoms with Crippen LogP contribution in [0.5, 0.6) is 0 Å². The van der Waals surface area contributed by atoms with Crippen LogP contribution in [0, 0.1) is 6.92 Å². The number of benzene rings is 1. The zero-order chi connectivity index (χ0) is 20.0. The zero-order valence-electron chi connectivity index (χ0n) is 15.4. The molecule has 0 aliphatic rings. The summed E-state index contributed by atoms with van der Waals surface area (Å²) in [4.78, 5) is 15.7. The monoisotopic (exact) mass is 490 g/mol. The van der Waals surface area contributed by atoms with Crippen molar-refractivity contribution in [3.05, 3.63) is 50.6 Å². The fourth-order valence-electron chi connectivity index (χ4n) is 2.46. The van der Waals surface area contributed by atoms with Gasteiger partial charge in [-0.3, -0.25) is 4.79 Å². The zero-order valence-corrected chi connectivity index (χ0v) is 19.5. The summed E-state index contributed by atoms with van der Waals surface area (Å²) < 4.78 is 29.0. The van der Waals surface area contributed by atoms with E-state index >= 15 is 0 Å². The number of carbonyl (C=O) groups is 1. The number of amides is 1. The third kappa shape index (κ3) is 6.60. The molecule has 2 rings (SSSR count). The van der Waals surface area contributed by atoms with Crippen molar-refractivity contribution in [1.82, 2.24) is 9.62 Å². The lowest BCUT2D eigenvalue weighted by Crippen LogP contribution is -2.47. The normalized spacial score (nSPS) is 12.7. The molecule has 0 aliphatic carbocycles. The SMILES string of the molecule is CSCCC(NS(=O)(=O)c1ccc(C)cc1)C(=O)N(C)Cc1cc(Br)cs1. The highest BCUT2D eigenvalue weighted by Gasteiger charge is 2.27. The summed E-state index contributed by atoms with van der Waals surface area (Å²) in [5.41, 5.74) is 0.978. The van der Waals surface area contributed by atoms with Crippen molar-refractivity contribution in [2.24, 2.45) is 0 Å². The number of rotatable bonds is 9. The van der Waals surface area contributed by atoms with E-state index in [4.69, 9.17) is 0 Å². The molecule has 0 aliphatic heterocycles. The van der Waals surface area contributed by atoms with E-state index in [-0.39, 0.29) is 10.8 Å². The molecule has 9 heteroatoms. The van der Waals surface area contributed by atoms with Crippen LogP contribution in [0.25, 0.3) is 0 Å². The summed E-state index contributed by atoms with van der Waals surface area (Å²) in [5.74, 6) is 0.454. The second-order valence-corrected chi connectivity index (χ2v) is 10.8. The van der Waals surface area contributed by atoms with Crippen molar-refractivity contribution in [2.45, 2.75) is 30.8 Å². The number of aryl methyl sites for hydroxylation is 1. The van der Waals surface area contributed by atoms with E-state index in [2.05, 4.69) is 20.7 Å². The minimum absolute atomic E-state index is 0.167. The molecule has 1 atom stereocenters. The summed E-state index contributed by atoms with van der Waals surface area (Å²) in [7, 11) is -2.07. The molecule has 0 radical (unpaired) electrons. The number of carbonyl (C=O) groups excluding carboxylic acids is 1. The van der Waals surface area contributed by atoms with Gasteiger partial charge < -0.3 is 4.90 Å². The Hall–Kier alpha value is -0.870. The Morgan fingerprint density at radius 1 is 1.33 bits per heavy atom. The lowest BCUT2D eigenvalue weighted by Gasteiger charge is -2.24. The van der Waals surface area contributed by atoms with Gasteiger partial charge in [0, 0.05) is 21.8 Å². The number of sulfonamides is 1. The second-order valence-electron chi connectivity index (χ2n) is 6.19. The largest absolute Gasteiger partial charge is 0.339 e. The Morgan fingerprint density at radius 2 is 2.00 bits per heavy atom.